The molecular weight excluding hydrogens is 937 g/mol. The van der Waals surface area contributed by atoms with E-state index in [9.17, 15) is 14.4 Å². The maximum atomic E-state index is 12.9. The molecule has 0 aromatic carbocycles. The lowest BCUT2D eigenvalue weighted by molar-refractivity contribution is -0.167. The second-order valence-electron chi connectivity index (χ2n) is 19.1. The summed E-state index contributed by atoms with van der Waals surface area (Å²) in [7, 11) is 0. The minimum Gasteiger partial charge on any atom is -0.462 e. The van der Waals surface area contributed by atoms with Crippen molar-refractivity contribution in [3.05, 3.63) is 170 Å². The Labute approximate surface area is 466 Å². The summed E-state index contributed by atoms with van der Waals surface area (Å²) in [4.78, 5) is 38.2. The highest BCUT2D eigenvalue weighted by Gasteiger charge is 2.19. The fourth-order valence-corrected chi connectivity index (χ4v) is 7.47. The predicted molar refractivity (Wildman–Crippen MR) is 329 cm³/mol. The molecule has 0 aliphatic heterocycles. The Bertz CT molecular complexity index is 1770. The summed E-state index contributed by atoms with van der Waals surface area (Å²) >= 11 is 0. The van der Waals surface area contributed by atoms with E-state index < -0.39 is 6.10 Å². The Morgan fingerprint density at radius 3 is 0.855 bits per heavy atom. The van der Waals surface area contributed by atoms with E-state index in [-0.39, 0.29) is 44.0 Å². The van der Waals surface area contributed by atoms with E-state index in [1.807, 2.05) is 0 Å². The van der Waals surface area contributed by atoms with Crippen LogP contribution < -0.4 is 0 Å². The molecule has 1 unspecified atom stereocenters. The van der Waals surface area contributed by atoms with Crippen LogP contribution in [0.4, 0.5) is 0 Å². The molecule has 0 radical (unpaired) electrons. The Morgan fingerprint density at radius 2 is 0.526 bits per heavy atom. The normalized spacial score (nSPS) is 13.4. The molecule has 0 aliphatic rings. The minimum absolute atomic E-state index is 0.120. The molecule has 0 N–H and O–H groups in total. The number of carbonyl (C=O) groups excluding carboxylic acids is 3. The molecule has 0 amide bonds. The number of rotatable bonds is 52. The summed E-state index contributed by atoms with van der Waals surface area (Å²) in [6.45, 7) is 6.28. The van der Waals surface area contributed by atoms with Crippen molar-refractivity contribution in [2.45, 2.75) is 239 Å². The first-order chi connectivity index (χ1) is 37.5. The van der Waals surface area contributed by atoms with E-state index in [0.717, 1.165) is 167 Å². The lowest BCUT2D eigenvalue weighted by Crippen LogP contribution is -2.30. The summed E-state index contributed by atoms with van der Waals surface area (Å²) < 4.78 is 16.8. The summed E-state index contributed by atoms with van der Waals surface area (Å²) in [6, 6.07) is 0. The van der Waals surface area contributed by atoms with Gasteiger partial charge in [-0.2, -0.15) is 0 Å². The molecule has 0 aromatic heterocycles. The quantitative estimate of drug-likeness (QED) is 0.0261. The van der Waals surface area contributed by atoms with Gasteiger partial charge in [-0.3, -0.25) is 14.4 Å². The maximum absolute atomic E-state index is 12.9. The topological polar surface area (TPSA) is 78.9 Å². The number of hydrogen-bond acceptors (Lipinski definition) is 6. The monoisotopic (exact) mass is 1040 g/mol. The molecule has 0 saturated heterocycles. The largest absolute Gasteiger partial charge is 0.462 e. The third kappa shape index (κ3) is 59.6. The first-order valence-electron chi connectivity index (χ1n) is 30.1. The van der Waals surface area contributed by atoms with Gasteiger partial charge in [-0.1, -0.05) is 242 Å². The average Bonchev–Trinajstić information content (AvgIpc) is 3.42. The Balaban J connectivity index is 4.57. The molecule has 0 bridgehead atoms. The van der Waals surface area contributed by atoms with Crippen molar-refractivity contribution < 1.29 is 28.6 Å². The molecule has 424 valence electrons. The van der Waals surface area contributed by atoms with Crippen molar-refractivity contribution >= 4 is 17.9 Å². The van der Waals surface area contributed by atoms with Crippen LogP contribution in [-0.4, -0.2) is 37.2 Å². The van der Waals surface area contributed by atoms with E-state index in [0.29, 0.717) is 12.8 Å². The van der Waals surface area contributed by atoms with E-state index in [4.69, 9.17) is 14.2 Å². The summed E-state index contributed by atoms with van der Waals surface area (Å²) in [6.07, 6.45) is 92.0. The van der Waals surface area contributed by atoms with Crippen LogP contribution in [0, 0.1) is 0 Å². The van der Waals surface area contributed by atoms with Gasteiger partial charge < -0.3 is 14.2 Å². The van der Waals surface area contributed by atoms with Gasteiger partial charge in [0.15, 0.2) is 6.10 Å². The highest BCUT2D eigenvalue weighted by molar-refractivity contribution is 5.71. The molecule has 0 heterocycles. The lowest BCUT2D eigenvalue weighted by atomic mass is 10.1. The van der Waals surface area contributed by atoms with Crippen LogP contribution in [0.5, 0.6) is 0 Å². The van der Waals surface area contributed by atoms with Gasteiger partial charge in [0.05, 0.1) is 0 Å². The molecule has 6 nitrogen and oxygen atoms in total. The van der Waals surface area contributed by atoms with Gasteiger partial charge in [0, 0.05) is 19.3 Å². The number of esters is 3. The van der Waals surface area contributed by atoms with Crippen molar-refractivity contribution in [3.63, 3.8) is 0 Å². The number of unbranched alkanes of at least 4 members (excludes halogenated alkanes) is 13. The average molecular weight is 1050 g/mol. The molecule has 0 saturated carbocycles. The molecule has 0 fully saturated rings. The number of ether oxygens (including phenoxy) is 3. The third-order valence-electron chi connectivity index (χ3n) is 11.9. The van der Waals surface area contributed by atoms with Gasteiger partial charge in [-0.05, 0) is 141 Å². The van der Waals surface area contributed by atoms with Crippen molar-refractivity contribution in [1.82, 2.24) is 0 Å². The van der Waals surface area contributed by atoms with E-state index in [1.165, 1.54) is 19.3 Å². The highest BCUT2D eigenvalue weighted by Crippen LogP contribution is 2.13. The van der Waals surface area contributed by atoms with Crippen molar-refractivity contribution in [2.75, 3.05) is 13.2 Å². The van der Waals surface area contributed by atoms with Crippen molar-refractivity contribution in [3.8, 4) is 0 Å². The van der Waals surface area contributed by atoms with Crippen LogP contribution in [0.25, 0.3) is 0 Å². The third-order valence-corrected chi connectivity index (χ3v) is 11.9. The molecule has 76 heavy (non-hydrogen) atoms. The fraction of sp³-hybridized carbons (Fsp3) is 0.557. The van der Waals surface area contributed by atoms with Gasteiger partial charge >= 0.3 is 17.9 Å². The summed E-state index contributed by atoms with van der Waals surface area (Å²) in [5.41, 5.74) is 0. The van der Waals surface area contributed by atoms with Crippen LogP contribution in [0.2, 0.25) is 0 Å². The number of hydrogen-bond donors (Lipinski definition) is 0. The van der Waals surface area contributed by atoms with Gasteiger partial charge in [-0.25, -0.2) is 0 Å². The van der Waals surface area contributed by atoms with E-state index in [1.54, 1.807) is 0 Å². The molecule has 0 spiro atoms. The highest BCUT2D eigenvalue weighted by atomic mass is 16.6. The summed E-state index contributed by atoms with van der Waals surface area (Å²) in [5, 5.41) is 0. The zero-order chi connectivity index (χ0) is 55.0. The number of carbonyl (C=O) groups is 3. The standard InChI is InChI=1S/C70H108O6/c1-4-7-10-13-16-19-22-25-28-30-32-34-35-37-38-40-42-45-48-51-54-57-60-63-69(72)75-66-67(65-74-68(71)62-59-56-53-50-47-44-27-24-21-18-15-12-9-6-3)76-70(73)64-61-58-55-52-49-46-43-41-39-36-33-31-29-26-23-20-17-14-11-8-5-2/h7-8,10-11,15-20,24-29,32-34,36-38,41-43,45,51,54,67H,4-6,9,12-14,21-23,30-31,35,39-40,44,46-50,52-53,55-66H2,1-3H3/b10-7-,11-8-,18-15-,19-16-,20-17-,27-24-,28-25-,29-26-,34-32-,36-33-,38-37-,43-41-,45-42-,54-51-. The smallest absolute Gasteiger partial charge is 0.306 e. The maximum Gasteiger partial charge on any atom is 0.306 e. The number of allylic oxidation sites excluding steroid dienone is 28. The van der Waals surface area contributed by atoms with Crippen molar-refractivity contribution in [2.24, 2.45) is 0 Å². The van der Waals surface area contributed by atoms with E-state index >= 15 is 0 Å². The van der Waals surface area contributed by atoms with Crippen LogP contribution in [0.3, 0.4) is 0 Å². The second-order valence-corrected chi connectivity index (χ2v) is 19.1. The second kappa shape index (κ2) is 62.3. The first kappa shape index (κ1) is 70.8. The molecule has 0 aromatic rings. The van der Waals surface area contributed by atoms with Gasteiger partial charge in [0.25, 0.3) is 0 Å². The summed E-state index contributed by atoms with van der Waals surface area (Å²) in [5.74, 6) is -1.02. The molecular formula is C70H108O6. The van der Waals surface area contributed by atoms with Crippen molar-refractivity contribution in [1.29, 1.82) is 0 Å². The molecule has 6 heteroatoms. The molecule has 1 atom stereocenters. The van der Waals surface area contributed by atoms with Crippen LogP contribution in [0.15, 0.2) is 170 Å². The fourth-order valence-electron chi connectivity index (χ4n) is 7.47. The Kier molecular flexibility index (Phi) is 58.0. The molecule has 0 aliphatic carbocycles. The van der Waals surface area contributed by atoms with Crippen LogP contribution >= 0.6 is 0 Å². The van der Waals surface area contributed by atoms with Crippen LogP contribution in [0.1, 0.15) is 233 Å². The Morgan fingerprint density at radius 1 is 0.276 bits per heavy atom. The zero-order valence-electron chi connectivity index (χ0n) is 48.4. The predicted octanol–water partition coefficient (Wildman–Crippen LogP) is 20.7. The zero-order valence-corrected chi connectivity index (χ0v) is 48.4. The van der Waals surface area contributed by atoms with Gasteiger partial charge in [0.1, 0.15) is 13.2 Å². The minimum atomic E-state index is -0.829. The Hall–Kier alpha value is -5.23. The first-order valence-corrected chi connectivity index (χ1v) is 30.1. The van der Waals surface area contributed by atoms with E-state index in [2.05, 4.69) is 191 Å². The molecule has 0 rings (SSSR count). The lowest BCUT2D eigenvalue weighted by Gasteiger charge is -2.18. The van der Waals surface area contributed by atoms with Crippen LogP contribution in [-0.2, 0) is 28.6 Å². The SMILES string of the molecule is CC/C=C\C/C=C\C/C=C\C/C=C\C/C=C\C/C=C\C/C=C\CCCC(=O)OCC(COC(=O)CCCCCCC/C=C\C/C=C\CCCC)OC(=O)CCCCCCC/C=C\C/C=C\C/C=C\C/C=C\C/C=C\CC. The van der Waals surface area contributed by atoms with Gasteiger partial charge in [-0.15, -0.1) is 0 Å². The van der Waals surface area contributed by atoms with Gasteiger partial charge in [0.2, 0.25) is 0 Å².